The van der Waals surface area contributed by atoms with Gasteiger partial charge in [-0.25, -0.2) is 4.98 Å². The van der Waals surface area contributed by atoms with Crippen molar-refractivity contribution >= 4 is 5.91 Å². The number of carbonyl (C=O) groups excluding carboxylic acids is 1. The van der Waals surface area contributed by atoms with Gasteiger partial charge in [-0.1, -0.05) is 0 Å². The molecule has 0 saturated carbocycles. The molecule has 0 aliphatic rings. The number of hydrogen-bond donors (Lipinski definition) is 2. The van der Waals surface area contributed by atoms with Crippen molar-refractivity contribution < 1.29 is 4.79 Å². The fraction of sp³-hybridized carbons (Fsp3) is 0.692. The van der Waals surface area contributed by atoms with Crippen LogP contribution in [0.5, 0.6) is 0 Å². The second-order valence-corrected chi connectivity index (χ2v) is 5.62. The molecule has 1 heterocycles. The Morgan fingerprint density at radius 1 is 1.50 bits per heavy atom. The van der Waals surface area contributed by atoms with E-state index in [-0.39, 0.29) is 17.5 Å². The molecule has 5 nitrogen and oxygen atoms in total. The predicted octanol–water partition coefficient (Wildman–Crippen LogP) is 0.855. The Morgan fingerprint density at radius 3 is 2.67 bits per heavy atom. The highest BCUT2D eigenvalue weighted by Crippen LogP contribution is 1.99. The molecular formula is C13H24N4O. The van der Waals surface area contributed by atoms with E-state index in [1.165, 1.54) is 0 Å². The molecule has 1 aromatic heterocycles. The largest absolute Gasteiger partial charge is 0.350 e. The summed E-state index contributed by atoms with van der Waals surface area (Å²) in [6, 6.07) is -0.190. The highest BCUT2D eigenvalue weighted by molar-refractivity contribution is 5.81. The molecule has 5 heteroatoms. The van der Waals surface area contributed by atoms with Crippen LogP contribution in [0.15, 0.2) is 12.4 Å². The van der Waals surface area contributed by atoms with Crippen molar-refractivity contribution in [3.63, 3.8) is 0 Å². The summed E-state index contributed by atoms with van der Waals surface area (Å²) in [5.74, 6) is 1.05. The topological polar surface area (TPSA) is 59.0 Å². The Morgan fingerprint density at radius 2 is 2.17 bits per heavy atom. The lowest BCUT2D eigenvalue weighted by atomic mass is 10.1. The zero-order valence-corrected chi connectivity index (χ0v) is 11.9. The van der Waals surface area contributed by atoms with Crippen LogP contribution in [0.1, 0.15) is 33.5 Å². The van der Waals surface area contributed by atoms with Gasteiger partial charge in [-0.2, -0.15) is 0 Å². The minimum absolute atomic E-state index is 0.0299. The van der Waals surface area contributed by atoms with Crippen LogP contribution < -0.4 is 10.6 Å². The molecule has 1 unspecified atom stereocenters. The average molecular weight is 252 g/mol. The maximum Gasteiger partial charge on any atom is 0.237 e. The summed E-state index contributed by atoms with van der Waals surface area (Å²) in [5, 5.41) is 6.16. The van der Waals surface area contributed by atoms with E-state index in [0.29, 0.717) is 0 Å². The molecule has 1 aromatic rings. The lowest BCUT2D eigenvalue weighted by Crippen LogP contribution is -2.49. The molecule has 1 amide bonds. The van der Waals surface area contributed by atoms with E-state index in [1.54, 1.807) is 6.20 Å². The van der Waals surface area contributed by atoms with Crippen LogP contribution in [0, 0.1) is 0 Å². The maximum absolute atomic E-state index is 11.8. The van der Waals surface area contributed by atoms with Crippen LogP contribution in [-0.2, 0) is 18.3 Å². The van der Waals surface area contributed by atoms with Gasteiger partial charge in [-0.05, 0) is 27.7 Å². The molecule has 102 valence electrons. The molecule has 0 aromatic carbocycles. The van der Waals surface area contributed by atoms with Crippen LogP contribution in [0.3, 0.4) is 0 Å². The van der Waals surface area contributed by atoms with E-state index in [0.717, 1.165) is 18.8 Å². The van der Waals surface area contributed by atoms with E-state index in [4.69, 9.17) is 0 Å². The summed E-state index contributed by atoms with van der Waals surface area (Å²) < 4.78 is 1.99. The number of imidazole rings is 1. The van der Waals surface area contributed by atoms with Gasteiger partial charge in [0.25, 0.3) is 0 Å². The number of amides is 1. The zero-order valence-electron chi connectivity index (χ0n) is 11.9. The Bertz CT molecular complexity index is 392. The van der Waals surface area contributed by atoms with Gasteiger partial charge in [0.2, 0.25) is 5.91 Å². The molecule has 0 aliphatic heterocycles. The van der Waals surface area contributed by atoms with E-state index in [2.05, 4.69) is 15.6 Å². The van der Waals surface area contributed by atoms with Crippen LogP contribution in [0.25, 0.3) is 0 Å². The summed E-state index contributed by atoms with van der Waals surface area (Å²) >= 11 is 0. The number of aromatic nitrogens is 2. The van der Waals surface area contributed by atoms with Gasteiger partial charge in [-0.15, -0.1) is 0 Å². The molecular weight excluding hydrogens is 228 g/mol. The highest BCUT2D eigenvalue weighted by atomic mass is 16.2. The lowest BCUT2D eigenvalue weighted by molar-refractivity contribution is -0.124. The van der Waals surface area contributed by atoms with Crippen molar-refractivity contribution in [2.75, 3.05) is 6.54 Å². The third-order valence-electron chi connectivity index (χ3n) is 2.61. The van der Waals surface area contributed by atoms with Gasteiger partial charge in [0, 0.05) is 37.9 Å². The molecule has 0 bridgehead atoms. The van der Waals surface area contributed by atoms with E-state index >= 15 is 0 Å². The second kappa shape index (κ2) is 6.00. The first-order valence-electron chi connectivity index (χ1n) is 6.31. The third-order valence-corrected chi connectivity index (χ3v) is 2.61. The van der Waals surface area contributed by atoms with Crippen LogP contribution >= 0.6 is 0 Å². The van der Waals surface area contributed by atoms with Gasteiger partial charge in [0.1, 0.15) is 5.82 Å². The van der Waals surface area contributed by atoms with Gasteiger partial charge in [-0.3, -0.25) is 4.79 Å². The SMILES string of the molecule is CC(NCCc1nccn1C)C(=O)NC(C)(C)C. The molecule has 1 atom stereocenters. The summed E-state index contributed by atoms with van der Waals surface area (Å²) in [5.41, 5.74) is -0.188. The van der Waals surface area contributed by atoms with Crippen molar-refractivity contribution in [1.82, 2.24) is 20.2 Å². The Hall–Kier alpha value is -1.36. The Balaban J connectivity index is 2.31. The maximum atomic E-state index is 11.8. The van der Waals surface area contributed by atoms with Crippen molar-refractivity contribution in [2.45, 2.75) is 45.7 Å². The lowest BCUT2D eigenvalue weighted by Gasteiger charge is -2.23. The molecule has 1 rings (SSSR count). The Labute approximate surface area is 109 Å². The van der Waals surface area contributed by atoms with Crippen LogP contribution in [0.2, 0.25) is 0 Å². The smallest absolute Gasteiger partial charge is 0.237 e. The Kier molecular flexibility index (Phi) is 4.90. The normalized spacial score (nSPS) is 13.4. The molecule has 2 N–H and O–H groups in total. The van der Waals surface area contributed by atoms with E-state index in [1.807, 2.05) is 45.5 Å². The van der Waals surface area contributed by atoms with Crippen LogP contribution in [0.4, 0.5) is 0 Å². The van der Waals surface area contributed by atoms with Gasteiger partial charge >= 0.3 is 0 Å². The number of aryl methyl sites for hydroxylation is 1. The molecule has 0 aliphatic carbocycles. The summed E-state index contributed by atoms with van der Waals surface area (Å²) in [7, 11) is 1.97. The number of nitrogens with one attached hydrogen (secondary N) is 2. The number of rotatable bonds is 5. The van der Waals surface area contributed by atoms with Crippen molar-refractivity contribution in [3.05, 3.63) is 18.2 Å². The van der Waals surface area contributed by atoms with Crippen molar-refractivity contribution in [3.8, 4) is 0 Å². The van der Waals surface area contributed by atoms with Gasteiger partial charge < -0.3 is 15.2 Å². The summed E-state index contributed by atoms with van der Waals surface area (Å²) in [4.78, 5) is 16.1. The quantitative estimate of drug-likeness (QED) is 0.817. The average Bonchev–Trinajstić information content (AvgIpc) is 2.62. The van der Waals surface area contributed by atoms with Crippen molar-refractivity contribution in [2.24, 2.45) is 7.05 Å². The summed E-state index contributed by atoms with van der Waals surface area (Å²) in [6.07, 6.45) is 4.52. The predicted molar refractivity (Wildman–Crippen MR) is 72.3 cm³/mol. The number of carbonyl (C=O) groups is 1. The first-order valence-corrected chi connectivity index (χ1v) is 6.31. The minimum Gasteiger partial charge on any atom is -0.350 e. The number of hydrogen-bond acceptors (Lipinski definition) is 3. The standard InChI is InChI=1S/C13H24N4O/c1-10(12(18)16-13(2,3)4)14-7-6-11-15-8-9-17(11)5/h8-10,14H,6-7H2,1-5H3,(H,16,18). The molecule has 0 radical (unpaired) electrons. The highest BCUT2D eigenvalue weighted by Gasteiger charge is 2.18. The van der Waals surface area contributed by atoms with Gasteiger partial charge in [0.05, 0.1) is 6.04 Å². The van der Waals surface area contributed by atoms with Crippen LogP contribution in [-0.4, -0.2) is 33.6 Å². The zero-order chi connectivity index (χ0) is 13.8. The monoisotopic (exact) mass is 252 g/mol. The first-order chi connectivity index (χ1) is 8.29. The van der Waals surface area contributed by atoms with Crippen molar-refractivity contribution in [1.29, 1.82) is 0 Å². The molecule has 0 spiro atoms. The minimum atomic E-state index is -0.190. The fourth-order valence-electron chi connectivity index (χ4n) is 1.61. The number of nitrogens with zero attached hydrogens (tertiary/aromatic N) is 2. The third kappa shape index (κ3) is 4.87. The fourth-order valence-corrected chi connectivity index (χ4v) is 1.61. The second-order valence-electron chi connectivity index (χ2n) is 5.62. The molecule has 0 fully saturated rings. The summed E-state index contributed by atoms with van der Waals surface area (Å²) in [6.45, 7) is 8.55. The van der Waals surface area contributed by atoms with E-state index < -0.39 is 0 Å². The first kappa shape index (κ1) is 14.7. The molecule has 0 saturated heterocycles. The van der Waals surface area contributed by atoms with E-state index in [9.17, 15) is 4.79 Å². The van der Waals surface area contributed by atoms with Gasteiger partial charge in [0.15, 0.2) is 0 Å². The molecule has 18 heavy (non-hydrogen) atoms.